The number of fused-ring (bicyclic) bond motifs is 1. The summed E-state index contributed by atoms with van der Waals surface area (Å²) in [7, 11) is 0. The molecule has 150 valence electrons. The first-order valence-corrected chi connectivity index (χ1v) is 8.10. The number of hydrogen-bond acceptors (Lipinski definition) is 4. The van der Waals surface area contributed by atoms with Gasteiger partial charge in [-0.2, -0.15) is 5.10 Å². The van der Waals surface area contributed by atoms with Crippen LogP contribution in [0.4, 0.5) is 27.8 Å². The van der Waals surface area contributed by atoms with Gasteiger partial charge in [0.15, 0.2) is 40.6 Å². The van der Waals surface area contributed by atoms with E-state index >= 15 is 0 Å². The van der Waals surface area contributed by atoms with Crippen molar-refractivity contribution >= 4 is 11.7 Å². The van der Waals surface area contributed by atoms with Gasteiger partial charge in [-0.25, -0.2) is 22.0 Å². The molecule has 0 bridgehead atoms. The Kier molecular flexibility index (Phi) is 4.57. The van der Waals surface area contributed by atoms with E-state index in [1.165, 1.54) is 24.4 Å². The summed E-state index contributed by atoms with van der Waals surface area (Å²) in [6.07, 6.45) is 1.22. The summed E-state index contributed by atoms with van der Waals surface area (Å²) in [5.41, 5.74) is -0.804. The molecule has 2 aromatic carbocycles. The number of ether oxygens (including phenoxy) is 2. The van der Waals surface area contributed by atoms with Gasteiger partial charge >= 0.3 is 0 Å². The fourth-order valence-corrected chi connectivity index (χ4v) is 2.69. The van der Waals surface area contributed by atoms with E-state index in [-0.39, 0.29) is 18.2 Å². The van der Waals surface area contributed by atoms with Crippen molar-refractivity contribution in [3.8, 4) is 11.5 Å². The predicted octanol–water partition coefficient (Wildman–Crippen LogP) is 3.61. The number of rotatable bonds is 4. The van der Waals surface area contributed by atoms with Crippen molar-refractivity contribution in [1.29, 1.82) is 0 Å². The molecule has 0 aliphatic carbocycles. The summed E-state index contributed by atoms with van der Waals surface area (Å²) in [6.45, 7) is -0.686. The Morgan fingerprint density at radius 3 is 2.34 bits per heavy atom. The van der Waals surface area contributed by atoms with Crippen LogP contribution in [0.5, 0.6) is 11.5 Å². The minimum atomic E-state index is -2.24. The first kappa shape index (κ1) is 18.7. The summed E-state index contributed by atoms with van der Waals surface area (Å²) in [5, 5.41) is 6.32. The van der Waals surface area contributed by atoms with E-state index in [1.807, 2.05) is 0 Å². The van der Waals surface area contributed by atoms with Gasteiger partial charge < -0.3 is 14.8 Å². The highest BCUT2D eigenvalue weighted by Gasteiger charge is 2.26. The predicted molar refractivity (Wildman–Crippen MR) is 88.1 cm³/mol. The van der Waals surface area contributed by atoms with Crippen LogP contribution < -0.4 is 14.8 Å². The molecule has 0 atom stereocenters. The van der Waals surface area contributed by atoms with Crippen LogP contribution in [-0.2, 0) is 6.54 Å². The topological polar surface area (TPSA) is 65.4 Å². The molecule has 11 heteroatoms. The van der Waals surface area contributed by atoms with E-state index in [2.05, 4.69) is 10.4 Å². The first-order valence-electron chi connectivity index (χ1n) is 8.10. The van der Waals surface area contributed by atoms with E-state index in [0.717, 1.165) is 4.68 Å². The Labute approximate surface area is 159 Å². The van der Waals surface area contributed by atoms with Crippen molar-refractivity contribution in [3.05, 3.63) is 70.7 Å². The molecule has 0 unspecified atom stereocenters. The minimum Gasteiger partial charge on any atom is -0.454 e. The fraction of sp³-hybridized carbons (Fsp3) is 0.111. The van der Waals surface area contributed by atoms with Crippen molar-refractivity contribution in [2.24, 2.45) is 0 Å². The average molecular weight is 411 g/mol. The van der Waals surface area contributed by atoms with Crippen molar-refractivity contribution in [2.75, 3.05) is 12.1 Å². The number of benzene rings is 2. The van der Waals surface area contributed by atoms with Crippen LogP contribution in [0, 0.1) is 29.1 Å². The molecule has 1 N–H and O–H groups in total. The Balaban J connectivity index is 1.52. The molecule has 0 saturated carbocycles. The molecule has 6 nitrogen and oxygen atoms in total. The maximum Gasteiger partial charge on any atom is 0.257 e. The quantitative estimate of drug-likeness (QED) is 0.405. The van der Waals surface area contributed by atoms with Gasteiger partial charge in [-0.15, -0.1) is 0 Å². The van der Waals surface area contributed by atoms with Gasteiger partial charge in [-0.1, -0.05) is 0 Å². The van der Waals surface area contributed by atoms with Gasteiger partial charge in [0.05, 0.1) is 12.1 Å². The highest BCUT2D eigenvalue weighted by atomic mass is 19.2. The van der Waals surface area contributed by atoms with Gasteiger partial charge in [-0.3, -0.25) is 9.48 Å². The lowest BCUT2D eigenvalue weighted by Gasteiger charge is -2.08. The maximum atomic E-state index is 13.8. The third kappa shape index (κ3) is 3.35. The normalized spacial score (nSPS) is 12.3. The summed E-state index contributed by atoms with van der Waals surface area (Å²) in [4.78, 5) is 12.3. The van der Waals surface area contributed by atoms with Gasteiger partial charge in [0, 0.05) is 17.8 Å². The van der Waals surface area contributed by atoms with Gasteiger partial charge in [0.2, 0.25) is 12.6 Å². The monoisotopic (exact) mass is 411 g/mol. The van der Waals surface area contributed by atoms with E-state index in [4.69, 9.17) is 9.47 Å². The number of nitrogens with one attached hydrogen (secondary N) is 1. The van der Waals surface area contributed by atoms with Crippen molar-refractivity contribution in [1.82, 2.24) is 9.78 Å². The SMILES string of the molecule is O=C(Nc1ccn(Cc2c(F)c(F)c(F)c(F)c2F)n1)c1ccc2c(c1)OCO2. The van der Waals surface area contributed by atoms with Crippen LogP contribution in [0.15, 0.2) is 30.5 Å². The molecule has 2 heterocycles. The number of hydrogen-bond donors (Lipinski definition) is 1. The highest BCUT2D eigenvalue weighted by Crippen LogP contribution is 2.32. The van der Waals surface area contributed by atoms with Crippen LogP contribution in [0.1, 0.15) is 15.9 Å². The standard InChI is InChI=1S/C18H10F5N3O3/c19-13-9(14(20)16(22)17(23)15(13)21)6-26-4-3-12(25-26)24-18(27)8-1-2-10-11(5-8)29-7-28-10/h1-5H,6-7H2,(H,24,25,27). The smallest absolute Gasteiger partial charge is 0.257 e. The molecule has 0 fully saturated rings. The van der Waals surface area contributed by atoms with E-state index < -0.39 is 47.1 Å². The Bertz CT molecular complexity index is 1100. The minimum absolute atomic E-state index is 0.0107. The van der Waals surface area contributed by atoms with Gasteiger partial charge in [-0.05, 0) is 18.2 Å². The maximum absolute atomic E-state index is 13.8. The van der Waals surface area contributed by atoms with Crippen LogP contribution in [0.3, 0.4) is 0 Å². The summed E-state index contributed by atoms with van der Waals surface area (Å²) < 4.78 is 78.5. The summed E-state index contributed by atoms with van der Waals surface area (Å²) in [5.74, 6) is -9.85. The summed E-state index contributed by atoms with van der Waals surface area (Å²) >= 11 is 0. The summed E-state index contributed by atoms with van der Waals surface area (Å²) in [6, 6.07) is 5.81. The number of nitrogens with zero attached hydrogens (tertiary/aromatic N) is 2. The largest absolute Gasteiger partial charge is 0.454 e. The van der Waals surface area contributed by atoms with Gasteiger partial charge in [0.1, 0.15) is 0 Å². The molecule has 1 amide bonds. The van der Waals surface area contributed by atoms with Crippen LogP contribution in [0.2, 0.25) is 0 Å². The average Bonchev–Trinajstić information content (AvgIpc) is 3.36. The number of halogens is 5. The first-order chi connectivity index (χ1) is 13.8. The number of anilines is 1. The fourth-order valence-electron chi connectivity index (χ4n) is 2.69. The number of carbonyl (C=O) groups excluding carboxylic acids is 1. The van der Waals surface area contributed by atoms with E-state index in [1.54, 1.807) is 6.07 Å². The Morgan fingerprint density at radius 2 is 1.62 bits per heavy atom. The van der Waals surface area contributed by atoms with Crippen LogP contribution >= 0.6 is 0 Å². The van der Waals surface area contributed by atoms with E-state index in [0.29, 0.717) is 11.5 Å². The second-order valence-corrected chi connectivity index (χ2v) is 5.97. The molecular weight excluding hydrogens is 401 g/mol. The van der Waals surface area contributed by atoms with Gasteiger partial charge in [0.25, 0.3) is 5.91 Å². The molecule has 4 rings (SSSR count). The third-order valence-electron chi connectivity index (χ3n) is 4.14. The van der Waals surface area contributed by atoms with Crippen LogP contribution in [0.25, 0.3) is 0 Å². The third-order valence-corrected chi connectivity index (χ3v) is 4.14. The highest BCUT2D eigenvalue weighted by molar-refractivity contribution is 6.04. The zero-order valence-electron chi connectivity index (χ0n) is 14.3. The number of aromatic nitrogens is 2. The van der Waals surface area contributed by atoms with Crippen molar-refractivity contribution in [2.45, 2.75) is 6.54 Å². The molecule has 29 heavy (non-hydrogen) atoms. The Hall–Kier alpha value is -3.63. The molecule has 1 aromatic heterocycles. The zero-order valence-corrected chi connectivity index (χ0v) is 14.3. The second-order valence-electron chi connectivity index (χ2n) is 5.97. The molecule has 3 aromatic rings. The molecule has 1 aliphatic rings. The van der Waals surface area contributed by atoms with Crippen LogP contribution in [-0.4, -0.2) is 22.5 Å². The second kappa shape index (κ2) is 7.08. The zero-order chi connectivity index (χ0) is 20.7. The molecule has 0 saturated heterocycles. The lowest BCUT2D eigenvalue weighted by atomic mass is 10.1. The lowest BCUT2D eigenvalue weighted by Crippen LogP contribution is -2.14. The van der Waals surface area contributed by atoms with E-state index in [9.17, 15) is 26.7 Å². The van der Waals surface area contributed by atoms with Crippen molar-refractivity contribution < 1.29 is 36.2 Å². The molecule has 1 aliphatic heterocycles. The molecule has 0 spiro atoms. The van der Waals surface area contributed by atoms with Crippen molar-refractivity contribution in [3.63, 3.8) is 0 Å². The molecule has 0 radical (unpaired) electrons. The lowest BCUT2D eigenvalue weighted by molar-refractivity contribution is 0.102. The number of carbonyl (C=O) groups is 1. The number of amides is 1. The molecular formula is C18H10F5N3O3. The Morgan fingerprint density at radius 1 is 0.966 bits per heavy atom.